The van der Waals surface area contributed by atoms with Crippen LogP contribution < -0.4 is 15.4 Å². The fourth-order valence-corrected chi connectivity index (χ4v) is 5.97. The lowest BCUT2D eigenvalue weighted by molar-refractivity contribution is -0.0565. The fourth-order valence-electron chi connectivity index (χ4n) is 5.97. The molecule has 9 heteroatoms. The summed E-state index contributed by atoms with van der Waals surface area (Å²) in [5.41, 5.74) is 2.27. The molecule has 2 amide bonds. The Bertz CT molecular complexity index is 1400. The molecule has 0 aromatic heterocycles. The Balaban J connectivity index is 1.73. The number of piperidine rings is 1. The van der Waals surface area contributed by atoms with Crippen molar-refractivity contribution in [2.75, 3.05) is 33.8 Å². The van der Waals surface area contributed by atoms with Crippen molar-refractivity contribution in [1.82, 2.24) is 15.5 Å². The lowest BCUT2D eigenvalue weighted by atomic mass is 9.72. The number of nitrogens with one attached hydrogen (secondary N) is 2. The van der Waals surface area contributed by atoms with Crippen LogP contribution in [0.3, 0.4) is 0 Å². The summed E-state index contributed by atoms with van der Waals surface area (Å²) in [6.07, 6.45) is 0.631. The highest BCUT2D eigenvalue weighted by atomic mass is 19.1. The van der Waals surface area contributed by atoms with Crippen molar-refractivity contribution in [3.63, 3.8) is 0 Å². The number of benzene rings is 3. The first-order valence-electron chi connectivity index (χ1n) is 14.3. The average Bonchev–Trinajstić information content (AvgIpc) is 2.99. The summed E-state index contributed by atoms with van der Waals surface area (Å²) >= 11 is 0. The van der Waals surface area contributed by atoms with E-state index in [1.165, 1.54) is 13.2 Å². The number of hydrogen-bond donors (Lipinski definition) is 4. The van der Waals surface area contributed by atoms with Crippen molar-refractivity contribution >= 4 is 12.0 Å². The second-order valence-corrected chi connectivity index (χ2v) is 11.0. The topological polar surface area (TPSA) is 111 Å². The van der Waals surface area contributed by atoms with Crippen molar-refractivity contribution in [2.24, 2.45) is 5.92 Å². The third-order valence-corrected chi connectivity index (χ3v) is 8.08. The Morgan fingerprint density at radius 2 is 1.90 bits per heavy atom. The molecule has 42 heavy (non-hydrogen) atoms. The molecule has 4 rings (SSSR count). The van der Waals surface area contributed by atoms with Crippen LogP contribution >= 0.6 is 0 Å². The number of aryl methyl sites for hydroxylation is 1. The molecular weight excluding hydrogens is 537 g/mol. The number of rotatable bonds is 11. The van der Waals surface area contributed by atoms with Crippen molar-refractivity contribution in [2.45, 2.75) is 44.8 Å². The number of carbonyl (C=O) groups excluding carboxylic acids is 1. The number of halogens is 1. The first-order chi connectivity index (χ1) is 20.2. The van der Waals surface area contributed by atoms with Gasteiger partial charge in [0.2, 0.25) is 0 Å². The van der Waals surface area contributed by atoms with Crippen LogP contribution in [-0.4, -0.2) is 60.9 Å². The predicted octanol–water partition coefficient (Wildman–Crippen LogP) is 5.32. The van der Waals surface area contributed by atoms with Gasteiger partial charge in [-0.15, -0.1) is 0 Å². The zero-order valence-corrected chi connectivity index (χ0v) is 24.5. The Labute approximate surface area is 246 Å². The number of methoxy groups -OCH3 is 1. The highest BCUT2D eigenvalue weighted by Crippen LogP contribution is 2.46. The average molecular weight is 578 g/mol. The van der Waals surface area contributed by atoms with Gasteiger partial charge in [-0.2, -0.15) is 0 Å². The van der Waals surface area contributed by atoms with Crippen LogP contribution in [0.15, 0.2) is 60.7 Å². The number of carboxylic acid groups (broad SMARTS) is 1. The molecule has 0 spiro atoms. The summed E-state index contributed by atoms with van der Waals surface area (Å²) in [5.74, 6) is -1.05. The van der Waals surface area contributed by atoms with E-state index in [9.17, 15) is 14.7 Å². The summed E-state index contributed by atoms with van der Waals surface area (Å²) in [4.78, 5) is 26.4. The highest BCUT2D eigenvalue weighted by Gasteiger charge is 2.43. The molecule has 0 aliphatic carbocycles. The van der Waals surface area contributed by atoms with Crippen molar-refractivity contribution in [3.8, 4) is 16.9 Å². The van der Waals surface area contributed by atoms with E-state index in [1.54, 1.807) is 17.0 Å². The standard InChI is InChI=1S/C33H40FN3O5/c1-22-7-4-8-25(19-22)29-27(14-15-28(42-3)30(29)34)33(41,16-6-17-36-32(39)40)26-9-5-18-37(21-26)31(38)24-12-10-23(11-13-24)20-35-2/h4,7-8,10-15,19,26,35-36,41H,5-6,9,16-18,20-21H2,1-3H3,(H,39,40)/t26-,33?/m1/s1. The first kappa shape index (κ1) is 31.0. The smallest absolute Gasteiger partial charge is 0.404 e. The second-order valence-electron chi connectivity index (χ2n) is 11.0. The number of carbonyl (C=O) groups is 2. The van der Waals surface area contributed by atoms with E-state index < -0.39 is 23.4 Å². The highest BCUT2D eigenvalue weighted by molar-refractivity contribution is 5.94. The van der Waals surface area contributed by atoms with E-state index in [0.717, 1.165) is 11.1 Å². The molecule has 3 aromatic carbocycles. The molecule has 8 nitrogen and oxygen atoms in total. The quantitative estimate of drug-likeness (QED) is 0.230. The van der Waals surface area contributed by atoms with Crippen LogP contribution in [0.5, 0.6) is 5.75 Å². The minimum atomic E-state index is -1.55. The summed E-state index contributed by atoms with van der Waals surface area (Å²) in [6, 6.07) is 18.1. The minimum Gasteiger partial charge on any atom is -0.494 e. The van der Waals surface area contributed by atoms with Gasteiger partial charge in [-0.1, -0.05) is 48.0 Å². The molecule has 1 aliphatic rings. The third-order valence-electron chi connectivity index (χ3n) is 8.08. The van der Waals surface area contributed by atoms with Gasteiger partial charge in [0.1, 0.15) is 0 Å². The Hall–Kier alpha value is -3.95. The number of nitrogens with zero attached hydrogens (tertiary/aromatic N) is 1. The molecule has 0 bridgehead atoms. The van der Waals surface area contributed by atoms with Gasteiger partial charge in [-0.25, -0.2) is 9.18 Å². The number of ether oxygens (including phenoxy) is 1. The molecule has 3 aromatic rings. The number of amides is 2. The number of likely N-dealkylation sites (tertiary alicyclic amines) is 1. The van der Waals surface area contributed by atoms with E-state index in [0.29, 0.717) is 49.0 Å². The van der Waals surface area contributed by atoms with Crippen LogP contribution in [0.25, 0.3) is 11.1 Å². The molecule has 2 atom stereocenters. The molecule has 1 fully saturated rings. The summed E-state index contributed by atoms with van der Waals surface area (Å²) < 4.78 is 21.4. The van der Waals surface area contributed by atoms with Gasteiger partial charge in [0.25, 0.3) is 5.91 Å². The Morgan fingerprint density at radius 1 is 1.14 bits per heavy atom. The zero-order valence-electron chi connectivity index (χ0n) is 24.5. The molecule has 4 N–H and O–H groups in total. The van der Waals surface area contributed by atoms with Gasteiger partial charge < -0.3 is 30.5 Å². The molecule has 1 aliphatic heterocycles. The SMILES string of the molecule is CNCc1ccc(C(=O)N2CCC[C@@H](C(O)(CCCNC(=O)O)c3ccc(OC)c(F)c3-c3cccc(C)c3)C2)cc1. The molecule has 0 saturated carbocycles. The number of aliphatic hydroxyl groups is 1. The van der Waals surface area contributed by atoms with E-state index >= 15 is 4.39 Å². The first-order valence-corrected chi connectivity index (χ1v) is 14.3. The predicted molar refractivity (Wildman–Crippen MR) is 160 cm³/mol. The van der Waals surface area contributed by atoms with Crippen molar-refractivity contribution in [1.29, 1.82) is 0 Å². The Kier molecular flexibility index (Phi) is 10.2. The summed E-state index contributed by atoms with van der Waals surface area (Å²) in [6.45, 7) is 3.57. The van der Waals surface area contributed by atoms with Crippen LogP contribution in [0.1, 0.15) is 52.7 Å². The molecule has 1 saturated heterocycles. The van der Waals surface area contributed by atoms with Gasteiger partial charge in [0, 0.05) is 43.2 Å². The van der Waals surface area contributed by atoms with Crippen molar-refractivity contribution in [3.05, 3.63) is 88.7 Å². The fraction of sp³-hybridized carbons (Fsp3) is 0.394. The van der Waals surface area contributed by atoms with Crippen molar-refractivity contribution < 1.29 is 28.9 Å². The van der Waals surface area contributed by atoms with E-state index in [-0.39, 0.29) is 36.7 Å². The summed E-state index contributed by atoms with van der Waals surface area (Å²) in [5, 5.41) is 27.2. The van der Waals surface area contributed by atoms with Gasteiger partial charge in [0.05, 0.1) is 12.7 Å². The van der Waals surface area contributed by atoms with Crippen LogP contribution in [0.4, 0.5) is 9.18 Å². The van der Waals surface area contributed by atoms with Gasteiger partial charge in [0.15, 0.2) is 11.6 Å². The maximum absolute atomic E-state index is 16.1. The van der Waals surface area contributed by atoms with Gasteiger partial charge >= 0.3 is 6.09 Å². The van der Waals surface area contributed by atoms with Gasteiger partial charge in [-0.05, 0) is 74.5 Å². The molecule has 1 unspecified atom stereocenters. The number of hydrogen-bond acceptors (Lipinski definition) is 5. The molecule has 1 heterocycles. The maximum atomic E-state index is 16.1. The second kappa shape index (κ2) is 13.8. The molecule has 224 valence electrons. The largest absolute Gasteiger partial charge is 0.494 e. The zero-order chi connectivity index (χ0) is 30.3. The lowest BCUT2D eigenvalue weighted by Gasteiger charge is -2.44. The molecule has 0 radical (unpaired) electrons. The third kappa shape index (κ3) is 6.91. The lowest BCUT2D eigenvalue weighted by Crippen LogP contribution is -2.48. The molecular formula is C33H40FN3O5. The van der Waals surface area contributed by atoms with Gasteiger partial charge in [-0.3, -0.25) is 4.79 Å². The minimum absolute atomic E-state index is 0.0623. The summed E-state index contributed by atoms with van der Waals surface area (Å²) in [7, 11) is 3.27. The maximum Gasteiger partial charge on any atom is 0.404 e. The van der Waals surface area contributed by atoms with Crippen LogP contribution in [0, 0.1) is 18.7 Å². The van der Waals surface area contributed by atoms with Crippen LogP contribution in [-0.2, 0) is 12.1 Å². The monoisotopic (exact) mass is 577 g/mol. The van der Waals surface area contributed by atoms with E-state index in [4.69, 9.17) is 9.84 Å². The van der Waals surface area contributed by atoms with E-state index in [1.807, 2.05) is 56.4 Å². The Morgan fingerprint density at radius 3 is 2.57 bits per heavy atom. The normalized spacial score (nSPS) is 16.5. The van der Waals surface area contributed by atoms with Crippen LogP contribution in [0.2, 0.25) is 0 Å². The van der Waals surface area contributed by atoms with E-state index in [2.05, 4.69) is 10.6 Å².